The molecule has 0 aromatic heterocycles. The molecule has 1 heterocycles. The van der Waals surface area contributed by atoms with E-state index in [-0.39, 0.29) is 0 Å². The van der Waals surface area contributed by atoms with Crippen molar-refractivity contribution in [2.24, 2.45) is 0 Å². The summed E-state index contributed by atoms with van der Waals surface area (Å²) < 4.78 is 42.0. The van der Waals surface area contributed by atoms with Gasteiger partial charge in [-0.25, -0.2) is 4.79 Å². The summed E-state index contributed by atoms with van der Waals surface area (Å²) in [6.07, 6.45) is -5.08. The summed E-state index contributed by atoms with van der Waals surface area (Å²) in [6, 6.07) is -1.60. The van der Waals surface area contributed by atoms with Gasteiger partial charge in [0.15, 0.2) is 6.04 Å². The summed E-state index contributed by atoms with van der Waals surface area (Å²) >= 11 is 0. The lowest BCUT2D eigenvalue weighted by Crippen LogP contribution is -2.61. The molecule has 1 unspecified atom stereocenters. The molecule has 1 fully saturated rings. The van der Waals surface area contributed by atoms with Gasteiger partial charge in [-0.15, -0.1) is 0 Å². The third-order valence-corrected chi connectivity index (χ3v) is 2.35. The zero-order chi connectivity index (χ0) is 13.4. The second-order valence-electron chi connectivity index (χ2n) is 4.36. The number of halogens is 3. The van der Waals surface area contributed by atoms with Crippen LogP contribution in [0.4, 0.5) is 13.2 Å². The van der Waals surface area contributed by atoms with Gasteiger partial charge in [0.2, 0.25) is 0 Å². The number of alkyl halides is 3. The molecule has 0 bridgehead atoms. The summed E-state index contributed by atoms with van der Waals surface area (Å²) in [4.78, 5) is 22.2. The molecule has 0 aliphatic carbocycles. The van der Waals surface area contributed by atoms with Crippen molar-refractivity contribution in [2.45, 2.75) is 31.7 Å². The van der Waals surface area contributed by atoms with E-state index in [0.717, 1.165) is 0 Å². The van der Waals surface area contributed by atoms with E-state index in [1.165, 1.54) is 13.8 Å². The van der Waals surface area contributed by atoms with E-state index in [4.69, 9.17) is 9.84 Å². The predicted molar refractivity (Wildman–Crippen MR) is 49.2 cm³/mol. The van der Waals surface area contributed by atoms with Crippen molar-refractivity contribution in [1.82, 2.24) is 4.90 Å². The van der Waals surface area contributed by atoms with Gasteiger partial charge < -0.3 is 14.7 Å². The summed E-state index contributed by atoms with van der Waals surface area (Å²) in [5.41, 5.74) is -0.993. The molecule has 8 heteroatoms. The first kappa shape index (κ1) is 13.8. The Morgan fingerprint density at radius 3 is 2.35 bits per heavy atom. The highest BCUT2D eigenvalue weighted by Crippen LogP contribution is 2.26. The number of nitrogens with zero attached hydrogens (tertiary/aromatic N) is 1. The summed E-state index contributed by atoms with van der Waals surface area (Å²) in [5.74, 6) is -3.67. The van der Waals surface area contributed by atoms with Gasteiger partial charge in [-0.1, -0.05) is 0 Å². The maximum Gasteiger partial charge on any atom is 0.471 e. The molecule has 1 amide bonds. The molecular formula is C9H12F3NO4. The zero-order valence-corrected chi connectivity index (χ0v) is 9.24. The van der Waals surface area contributed by atoms with Crippen LogP contribution in [0.5, 0.6) is 0 Å². The Kier molecular flexibility index (Phi) is 3.37. The molecule has 0 aromatic carbocycles. The molecular weight excluding hydrogens is 243 g/mol. The number of ether oxygens (including phenoxy) is 1. The van der Waals surface area contributed by atoms with Crippen LogP contribution in [0.15, 0.2) is 0 Å². The van der Waals surface area contributed by atoms with Crippen molar-refractivity contribution in [2.75, 3.05) is 13.2 Å². The van der Waals surface area contributed by atoms with E-state index in [1.54, 1.807) is 0 Å². The minimum atomic E-state index is -5.08. The average molecular weight is 255 g/mol. The average Bonchev–Trinajstić information content (AvgIpc) is 2.13. The Labute approximate surface area is 95.1 Å². The standard InChI is InChI=1S/C9H12F3NO4/c1-8(2)4-13(7(16)9(10,11)12)5(3-17-8)6(14)15/h5H,3-4H2,1-2H3,(H,14,15). The third-order valence-electron chi connectivity index (χ3n) is 2.35. The second kappa shape index (κ2) is 4.17. The molecule has 1 aliphatic rings. The number of aliphatic carboxylic acids is 1. The summed E-state index contributed by atoms with van der Waals surface area (Å²) in [7, 11) is 0. The fourth-order valence-corrected chi connectivity index (χ4v) is 1.54. The topological polar surface area (TPSA) is 66.8 Å². The molecule has 0 aromatic rings. The second-order valence-corrected chi connectivity index (χ2v) is 4.36. The van der Waals surface area contributed by atoms with Gasteiger partial charge in [-0.2, -0.15) is 13.2 Å². The van der Waals surface area contributed by atoms with E-state index in [1.807, 2.05) is 0 Å². The SMILES string of the molecule is CC1(C)CN(C(=O)C(F)(F)F)C(C(=O)O)CO1. The van der Waals surface area contributed by atoms with Crippen molar-refractivity contribution in [3.8, 4) is 0 Å². The number of morpholine rings is 1. The smallest absolute Gasteiger partial charge is 0.471 e. The lowest BCUT2D eigenvalue weighted by atomic mass is 10.0. The molecule has 98 valence electrons. The highest BCUT2D eigenvalue weighted by atomic mass is 19.4. The van der Waals surface area contributed by atoms with E-state index in [9.17, 15) is 22.8 Å². The predicted octanol–water partition coefficient (Wildman–Crippen LogP) is 0.639. The normalized spacial score (nSPS) is 24.5. The fourth-order valence-electron chi connectivity index (χ4n) is 1.54. The minimum absolute atomic E-state index is 0.297. The Morgan fingerprint density at radius 2 is 1.94 bits per heavy atom. The van der Waals surface area contributed by atoms with Crippen LogP contribution < -0.4 is 0 Å². The maximum absolute atomic E-state index is 12.3. The Balaban J connectivity index is 2.97. The number of carboxylic acid groups (broad SMARTS) is 1. The quantitative estimate of drug-likeness (QED) is 0.746. The van der Waals surface area contributed by atoms with Gasteiger partial charge in [-0.3, -0.25) is 4.79 Å². The van der Waals surface area contributed by atoms with Gasteiger partial charge in [0, 0.05) is 0 Å². The van der Waals surface area contributed by atoms with Gasteiger partial charge in [-0.05, 0) is 13.8 Å². The molecule has 1 saturated heterocycles. The number of carbonyl (C=O) groups excluding carboxylic acids is 1. The molecule has 0 spiro atoms. The lowest BCUT2D eigenvalue weighted by molar-refractivity contribution is -0.204. The van der Waals surface area contributed by atoms with Gasteiger partial charge >= 0.3 is 18.1 Å². The van der Waals surface area contributed by atoms with E-state index >= 15 is 0 Å². The number of hydrogen-bond donors (Lipinski definition) is 1. The Bertz CT molecular complexity index is 340. The third kappa shape index (κ3) is 3.09. The van der Waals surface area contributed by atoms with Crippen molar-refractivity contribution < 1.29 is 32.6 Å². The molecule has 1 aliphatic heterocycles. The van der Waals surface area contributed by atoms with Crippen LogP contribution in [0.2, 0.25) is 0 Å². The number of rotatable bonds is 1. The van der Waals surface area contributed by atoms with E-state index < -0.39 is 42.8 Å². The largest absolute Gasteiger partial charge is 0.480 e. The van der Waals surface area contributed by atoms with E-state index in [0.29, 0.717) is 4.90 Å². The van der Waals surface area contributed by atoms with Gasteiger partial charge in [0.25, 0.3) is 0 Å². The fraction of sp³-hybridized carbons (Fsp3) is 0.778. The number of carbonyl (C=O) groups is 2. The Morgan fingerprint density at radius 1 is 1.41 bits per heavy atom. The number of amides is 1. The molecule has 17 heavy (non-hydrogen) atoms. The van der Waals surface area contributed by atoms with Crippen molar-refractivity contribution in [1.29, 1.82) is 0 Å². The first-order valence-electron chi connectivity index (χ1n) is 4.79. The highest BCUT2D eigenvalue weighted by Gasteiger charge is 2.50. The Hall–Kier alpha value is -1.31. The van der Waals surface area contributed by atoms with Crippen molar-refractivity contribution >= 4 is 11.9 Å². The zero-order valence-electron chi connectivity index (χ0n) is 9.24. The molecule has 5 nitrogen and oxygen atoms in total. The minimum Gasteiger partial charge on any atom is -0.480 e. The summed E-state index contributed by atoms with van der Waals surface area (Å²) in [5, 5.41) is 8.75. The molecule has 0 radical (unpaired) electrons. The maximum atomic E-state index is 12.3. The van der Waals surface area contributed by atoms with Gasteiger partial charge in [0.1, 0.15) is 0 Å². The number of carboxylic acids is 1. The van der Waals surface area contributed by atoms with Crippen LogP contribution in [0.3, 0.4) is 0 Å². The first-order chi connectivity index (χ1) is 7.54. The highest BCUT2D eigenvalue weighted by molar-refractivity contribution is 5.87. The first-order valence-corrected chi connectivity index (χ1v) is 4.79. The van der Waals surface area contributed by atoms with Gasteiger partial charge in [0.05, 0.1) is 18.8 Å². The number of hydrogen-bond acceptors (Lipinski definition) is 3. The molecule has 0 saturated carbocycles. The molecule has 1 atom stereocenters. The monoisotopic (exact) mass is 255 g/mol. The lowest BCUT2D eigenvalue weighted by Gasteiger charge is -2.41. The van der Waals surface area contributed by atoms with Crippen molar-refractivity contribution in [3.05, 3.63) is 0 Å². The molecule has 1 N–H and O–H groups in total. The van der Waals surface area contributed by atoms with Crippen LogP contribution >= 0.6 is 0 Å². The van der Waals surface area contributed by atoms with Crippen LogP contribution in [0, 0.1) is 0 Å². The van der Waals surface area contributed by atoms with Crippen LogP contribution in [0.1, 0.15) is 13.8 Å². The van der Waals surface area contributed by atoms with Crippen molar-refractivity contribution in [3.63, 3.8) is 0 Å². The van der Waals surface area contributed by atoms with E-state index in [2.05, 4.69) is 0 Å². The van der Waals surface area contributed by atoms with Crippen LogP contribution in [-0.2, 0) is 14.3 Å². The van der Waals surface area contributed by atoms with Crippen LogP contribution in [0.25, 0.3) is 0 Å². The molecule has 1 rings (SSSR count). The van der Waals surface area contributed by atoms with Crippen LogP contribution in [-0.4, -0.2) is 52.9 Å². The summed E-state index contributed by atoms with van der Waals surface area (Å²) in [6.45, 7) is 2.11.